The lowest BCUT2D eigenvalue weighted by Gasteiger charge is -2.25. The molecule has 1 aromatic carbocycles. The predicted octanol–water partition coefficient (Wildman–Crippen LogP) is 2.20. The molecule has 2 rings (SSSR count). The van der Waals surface area contributed by atoms with Crippen molar-refractivity contribution in [1.82, 2.24) is 0 Å². The molecule has 2 atom stereocenters. The fourth-order valence-electron chi connectivity index (χ4n) is 2.51. The van der Waals surface area contributed by atoms with Crippen LogP contribution in [0.25, 0.3) is 0 Å². The first-order valence-electron chi connectivity index (χ1n) is 6.36. The second kappa shape index (κ2) is 5.13. The molecule has 1 aliphatic rings. The molecular formula is C14H19BrN2O2. The summed E-state index contributed by atoms with van der Waals surface area (Å²) in [5.74, 6) is -0.261. The maximum Gasteiger partial charge on any atom is 0.225 e. The molecule has 0 aromatic heterocycles. The second-order valence-electron chi connectivity index (χ2n) is 5.48. The zero-order chi connectivity index (χ0) is 14.2. The predicted molar refractivity (Wildman–Crippen MR) is 78.9 cm³/mol. The van der Waals surface area contributed by atoms with Gasteiger partial charge in [0.2, 0.25) is 5.91 Å². The SMILES string of the molecule is CC(O)c1ccc(Br)cc1N1CCC(C)(C(N)=O)C1. The van der Waals surface area contributed by atoms with E-state index in [0.29, 0.717) is 6.54 Å². The van der Waals surface area contributed by atoms with Crippen molar-refractivity contribution in [3.8, 4) is 0 Å². The number of primary amides is 1. The van der Waals surface area contributed by atoms with Crippen molar-refractivity contribution in [2.45, 2.75) is 26.4 Å². The third-order valence-corrected chi connectivity index (χ3v) is 4.34. The summed E-state index contributed by atoms with van der Waals surface area (Å²) in [6, 6.07) is 5.80. The Morgan fingerprint density at radius 2 is 2.26 bits per heavy atom. The molecule has 1 fully saturated rings. The molecular weight excluding hydrogens is 308 g/mol. The standard InChI is InChI=1S/C14H19BrN2O2/c1-9(18)11-4-3-10(15)7-12(11)17-6-5-14(2,8-17)13(16)19/h3-4,7,9,18H,5-6,8H2,1-2H3,(H2,16,19). The summed E-state index contributed by atoms with van der Waals surface area (Å²) in [7, 11) is 0. The van der Waals surface area contributed by atoms with Crippen LogP contribution in [0.4, 0.5) is 5.69 Å². The van der Waals surface area contributed by atoms with E-state index in [9.17, 15) is 9.90 Å². The molecule has 0 saturated carbocycles. The van der Waals surface area contributed by atoms with Gasteiger partial charge in [-0.15, -0.1) is 0 Å². The lowest BCUT2D eigenvalue weighted by atomic mass is 9.89. The van der Waals surface area contributed by atoms with Gasteiger partial charge in [0.1, 0.15) is 0 Å². The highest BCUT2D eigenvalue weighted by Crippen LogP contribution is 2.37. The quantitative estimate of drug-likeness (QED) is 0.894. The molecule has 19 heavy (non-hydrogen) atoms. The Morgan fingerprint density at radius 1 is 1.58 bits per heavy atom. The van der Waals surface area contributed by atoms with Crippen molar-refractivity contribution in [2.75, 3.05) is 18.0 Å². The number of aliphatic hydroxyl groups excluding tert-OH is 1. The Kier molecular flexibility index (Phi) is 3.87. The van der Waals surface area contributed by atoms with Gasteiger partial charge < -0.3 is 15.7 Å². The van der Waals surface area contributed by atoms with Gasteiger partial charge in [-0.1, -0.05) is 22.0 Å². The van der Waals surface area contributed by atoms with Crippen LogP contribution in [-0.2, 0) is 4.79 Å². The number of nitrogens with zero attached hydrogens (tertiary/aromatic N) is 1. The third-order valence-electron chi connectivity index (χ3n) is 3.85. The molecule has 3 N–H and O–H groups in total. The van der Waals surface area contributed by atoms with Crippen LogP contribution >= 0.6 is 15.9 Å². The first-order valence-corrected chi connectivity index (χ1v) is 7.15. The van der Waals surface area contributed by atoms with Crippen molar-refractivity contribution < 1.29 is 9.90 Å². The van der Waals surface area contributed by atoms with E-state index in [4.69, 9.17) is 5.73 Å². The second-order valence-corrected chi connectivity index (χ2v) is 6.39. The highest BCUT2D eigenvalue weighted by molar-refractivity contribution is 9.10. The molecule has 104 valence electrons. The third kappa shape index (κ3) is 2.77. The smallest absolute Gasteiger partial charge is 0.225 e. The van der Waals surface area contributed by atoms with Gasteiger partial charge in [-0.3, -0.25) is 4.79 Å². The van der Waals surface area contributed by atoms with Crippen LogP contribution in [0, 0.1) is 5.41 Å². The van der Waals surface area contributed by atoms with Crippen LogP contribution in [0.1, 0.15) is 31.9 Å². The van der Waals surface area contributed by atoms with Crippen LogP contribution in [0.5, 0.6) is 0 Å². The van der Waals surface area contributed by atoms with Gasteiger partial charge in [0.25, 0.3) is 0 Å². The number of benzene rings is 1. The molecule has 1 heterocycles. The summed E-state index contributed by atoms with van der Waals surface area (Å²) in [4.78, 5) is 13.6. The van der Waals surface area contributed by atoms with Crippen LogP contribution in [0.3, 0.4) is 0 Å². The average Bonchev–Trinajstić information content (AvgIpc) is 2.73. The molecule has 0 bridgehead atoms. The van der Waals surface area contributed by atoms with E-state index in [2.05, 4.69) is 20.8 Å². The number of halogens is 1. The van der Waals surface area contributed by atoms with Gasteiger partial charge >= 0.3 is 0 Å². The number of rotatable bonds is 3. The van der Waals surface area contributed by atoms with Crippen molar-refractivity contribution in [3.63, 3.8) is 0 Å². The molecule has 5 heteroatoms. The van der Waals surface area contributed by atoms with E-state index in [1.807, 2.05) is 25.1 Å². The molecule has 4 nitrogen and oxygen atoms in total. The summed E-state index contributed by atoms with van der Waals surface area (Å²) < 4.78 is 0.958. The lowest BCUT2D eigenvalue weighted by molar-refractivity contribution is -0.125. The highest BCUT2D eigenvalue weighted by Gasteiger charge is 2.39. The van der Waals surface area contributed by atoms with E-state index >= 15 is 0 Å². The number of carbonyl (C=O) groups excluding carboxylic acids is 1. The Morgan fingerprint density at radius 3 is 2.79 bits per heavy atom. The Hall–Kier alpha value is -1.07. The minimum Gasteiger partial charge on any atom is -0.389 e. The lowest BCUT2D eigenvalue weighted by Crippen LogP contribution is -2.37. The van der Waals surface area contributed by atoms with E-state index in [1.165, 1.54) is 0 Å². The molecule has 1 aliphatic heterocycles. The minimum atomic E-state index is -0.538. The fourth-order valence-corrected chi connectivity index (χ4v) is 2.86. The van der Waals surface area contributed by atoms with Crippen LogP contribution < -0.4 is 10.6 Å². The molecule has 1 aromatic rings. The summed E-state index contributed by atoms with van der Waals surface area (Å²) >= 11 is 3.45. The largest absolute Gasteiger partial charge is 0.389 e. The Labute approximate surface area is 121 Å². The number of aliphatic hydroxyl groups is 1. The first-order chi connectivity index (χ1) is 8.83. The van der Waals surface area contributed by atoms with Crippen LogP contribution in [0.2, 0.25) is 0 Å². The molecule has 1 amide bonds. The van der Waals surface area contributed by atoms with E-state index in [0.717, 1.165) is 28.7 Å². The minimum absolute atomic E-state index is 0.261. The van der Waals surface area contributed by atoms with Gasteiger partial charge in [0.05, 0.1) is 11.5 Å². The fraction of sp³-hybridized carbons (Fsp3) is 0.500. The number of nitrogens with two attached hydrogens (primary N) is 1. The summed E-state index contributed by atoms with van der Waals surface area (Å²) in [5, 5.41) is 9.86. The van der Waals surface area contributed by atoms with Crippen LogP contribution in [-0.4, -0.2) is 24.1 Å². The first kappa shape index (κ1) is 14.3. The molecule has 0 spiro atoms. The molecule has 0 aliphatic carbocycles. The maximum absolute atomic E-state index is 11.5. The van der Waals surface area contributed by atoms with Crippen molar-refractivity contribution in [3.05, 3.63) is 28.2 Å². The zero-order valence-electron chi connectivity index (χ0n) is 11.2. The number of anilines is 1. The monoisotopic (exact) mass is 326 g/mol. The zero-order valence-corrected chi connectivity index (χ0v) is 12.8. The van der Waals surface area contributed by atoms with Gasteiger partial charge in [-0.05, 0) is 32.4 Å². The van der Waals surface area contributed by atoms with Crippen molar-refractivity contribution in [2.24, 2.45) is 11.1 Å². The van der Waals surface area contributed by atoms with Gasteiger partial charge in [-0.2, -0.15) is 0 Å². The van der Waals surface area contributed by atoms with Crippen molar-refractivity contribution in [1.29, 1.82) is 0 Å². The van der Waals surface area contributed by atoms with E-state index in [-0.39, 0.29) is 5.91 Å². The Balaban J connectivity index is 2.33. The normalized spacial score (nSPS) is 24.5. The highest BCUT2D eigenvalue weighted by atomic mass is 79.9. The summed E-state index contributed by atoms with van der Waals surface area (Å²) in [6.07, 6.45) is 0.206. The van der Waals surface area contributed by atoms with Gasteiger partial charge in [-0.25, -0.2) is 0 Å². The Bertz CT molecular complexity index is 504. The van der Waals surface area contributed by atoms with Gasteiger partial charge in [0.15, 0.2) is 0 Å². The topological polar surface area (TPSA) is 66.6 Å². The average molecular weight is 327 g/mol. The van der Waals surface area contributed by atoms with Gasteiger partial charge in [0, 0.05) is 28.8 Å². The summed E-state index contributed by atoms with van der Waals surface area (Å²) in [5.41, 5.74) is 6.83. The number of amides is 1. The molecule has 1 saturated heterocycles. The van der Waals surface area contributed by atoms with Crippen LogP contribution in [0.15, 0.2) is 22.7 Å². The number of carbonyl (C=O) groups is 1. The summed E-state index contributed by atoms with van der Waals surface area (Å²) in [6.45, 7) is 5.01. The van der Waals surface area contributed by atoms with E-state index in [1.54, 1.807) is 6.92 Å². The van der Waals surface area contributed by atoms with E-state index < -0.39 is 11.5 Å². The maximum atomic E-state index is 11.5. The number of hydrogen-bond acceptors (Lipinski definition) is 3. The van der Waals surface area contributed by atoms with Crippen molar-refractivity contribution >= 4 is 27.5 Å². The molecule has 0 radical (unpaired) electrons. The molecule has 2 unspecified atom stereocenters. The number of hydrogen-bond donors (Lipinski definition) is 2.